The predicted molar refractivity (Wildman–Crippen MR) is 82.1 cm³/mol. The van der Waals surface area contributed by atoms with Crippen LogP contribution in [0.2, 0.25) is 0 Å². The summed E-state index contributed by atoms with van der Waals surface area (Å²) in [6, 6.07) is -0.391. The maximum Gasteiger partial charge on any atom is 0.236 e. The monoisotopic (exact) mass is 296 g/mol. The fourth-order valence-corrected chi connectivity index (χ4v) is 3.83. The standard InChI is InChI=1S/C15H24N2O2S/c1-2-7-11(13(16)20)17-12(18)10-15(14(17)19)8-5-3-4-6-9-15/h11H,2-10H2,1H3,(H2,16,20). The lowest BCUT2D eigenvalue weighted by Gasteiger charge is -2.29. The van der Waals surface area contributed by atoms with Crippen LogP contribution in [0.1, 0.15) is 64.7 Å². The van der Waals surface area contributed by atoms with E-state index in [0.717, 1.165) is 44.9 Å². The van der Waals surface area contributed by atoms with E-state index >= 15 is 0 Å². The average Bonchev–Trinajstić information content (AvgIpc) is 2.58. The highest BCUT2D eigenvalue weighted by Gasteiger charge is 2.53. The van der Waals surface area contributed by atoms with E-state index in [0.29, 0.717) is 12.8 Å². The van der Waals surface area contributed by atoms with Crippen molar-refractivity contribution in [3.05, 3.63) is 0 Å². The highest BCUT2D eigenvalue weighted by Crippen LogP contribution is 2.45. The SMILES string of the molecule is CCCC(C(N)=S)N1C(=O)CC2(CCCCCC2)C1=O. The third-order valence-electron chi connectivity index (χ3n) is 4.69. The number of rotatable bonds is 4. The Hall–Kier alpha value is -0.970. The molecule has 1 aliphatic carbocycles. The molecule has 5 heteroatoms. The number of thiocarbonyl (C=S) groups is 1. The number of carbonyl (C=O) groups is 2. The summed E-state index contributed by atoms with van der Waals surface area (Å²) in [5, 5.41) is 0. The summed E-state index contributed by atoms with van der Waals surface area (Å²) in [6.07, 6.45) is 7.96. The van der Waals surface area contributed by atoms with Gasteiger partial charge in [0.05, 0.1) is 16.4 Å². The molecule has 0 bridgehead atoms. The Morgan fingerprint density at radius 1 is 1.30 bits per heavy atom. The van der Waals surface area contributed by atoms with E-state index in [-0.39, 0.29) is 16.8 Å². The van der Waals surface area contributed by atoms with Crippen LogP contribution in [0, 0.1) is 5.41 Å². The lowest BCUT2D eigenvalue weighted by Crippen LogP contribution is -2.48. The molecular weight excluding hydrogens is 272 g/mol. The van der Waals surface area contributed by atoms with Crippen molar-refractivity contribution in [1.29, 1.82) is 0 Å². The fourth-order valence-electron chi connectivity index (χ4n) is 3.60. The van der Waals surface area contributed by atoms with Gasteiger partial charge in [0.1, 0.15) is 0 Å². The summed E-state index contributed by atoms with van der Waals surface area (Å²) in [6.45, 7) is 2.01. The van der Waals surface area contributed by atoms with E-state index in [1.807, 2.05) is 6.92 Å². The molecule has 0 aromatic rings. The van der Waals surface area contributed by atoms with Crippen LogP contribution >= 0.6 is 12.2 Å². The second-order valence-electron chi connectivity index (χ2n) is 6.15. The summed E-state index contributed by atoms with van der Waals surface area (Å²) in [5.74, 6) is -0.0983. The molecule has 1 saturated heterocycles. The number of likely N-dealkylation sites (tertiary alicyclic amines) is 1. The highest BCUT2D eigenvalue weighted by atomic mass is 32.1. The van der Waals surface area contributed by atoms with Gasteiger partial charge in [-0.3, -0.25) is 14.5 Å². The van der Waals surface area contributed by atoms with Crippen LogP contribution in [-0.2, 0) is 9.59 Å². The Kier molecular flexibility index (Phi) is 4.78. The normalized spacial score (nSPS) is 23.9. The topological polar surface area (TPSA) is 63.4 Å². The summed E-state index contributed by atoms with van der Waals surface area (Å²) < 4.78 is 0. The van der Waals surface area contributed by atoms with E-state index in [2.05, 4.69) is 0 Å². The van der Waals surface area contributed by atoms with Crippen LogP contribution in [-0.4, -0.2) is 27.7 Å². The zero-order valence-corrected chi connectivity index (χ0v) is 13.0. The van der Waals surface area contributed by atoms with Gasteiger partial charge in [0.15, 0.2) is 0 Å². The summed E-state index contributed by atoms with van der Waals surface area (Å²) >= 11 is 5.07. The van der Waals surface area contributed by atoms with E-state index in [4.69, 9.17) is 18.0 Å². The van der Waals surface area contributed by atoms with Gasteiger partial charge in [-0.05, 0) is 19.3 Å². The fraction of sp³-hybridized carbons (Fsp3) is 0.800. The van der Waals surface area contributed by atoms with Gasteiger partial charge >= 0.3 is 0 Å². The smallest absolute Gasteiger partial charge is 0.236 e. The summed E-state index contributed by atoms with van der Waals surface area (Å²) in [5.41, 5.74) is 5.31. The van der Waals surface area contributed by atoms with Gasteiger partial charge < -0.3 is 5.73 Å². The molecule has 2 rings (SSSR count). The van der Waals surface area contributed by atoms with Crippen molar-refractivity contribution in [3.8, 4) is 0 Å². The Morgan fingerprint density at radius 2 is 1.90 bits per heavy atom. The molecule has 2 N–H and O–H groups in total. The molecule has 2 aliphatic rings. The number of nitrogens with zero attached hydrogens (tertiary/aromatic N) is 1. The Bertz CT molecular complexity index is 414. The molecule has 1 aliphatic heterocycles. The van der Waals surface area contributed by atoms with Gasteiger partial charge in [-0.15, -0.1) is 0 Å². The van der Waals surface area contributed by atoms with Crippen LogP contribution in [0.4, 0.5) is 0 Å². The number of hydrogen-bond acceptors (Lipinski definition) is 3. The summed E-state index contributed by atoms with van der Waals surface area (Å²) in [7, 11) is 0. The molecular formula is C15H24N2O2S. The van der Waals surface area contributed by atoms with Crippen LogP contribution in [0.3, 0.4) is 0 Å². The quantitative estimate of drug-likeness (QED) is 0.639. The van der Waals surface area contributed by atoms with Gasteiger partial charge in [-0.1, -0.05) is 51.2 Å². The van der Waals surface area contributed by atoms with Gasteiger partial charge in [-0.2, -0.15) is 0 Å². The van der Waals surface area contributed by atoms with Crippen molar-refractivity contribution in [2.24, 2.45) is 11.1 Å². The highest BCUT2D eigenvalue weighted by molar-refractivity contribution is 7.80. The number of hydrogen-bond donors (Lipinski definition) is 1. The first-order valence-electron chi connectivity index (χ1n) is 7.67. The van der Waals surface area contributed by atoms with Crippen molar-refractivity contribution in [3.63, 3.8) is 0 Å². The maximum absolute atomic E-state index is 12.9. The molecule has 20 heavy (non-hydrogen) atoms. The van der Waals surface area contributed by atoms with E-state index in [1.54, 1.807) is 0 Å². The lowest BCUT2D eigenvalue weighted by molar-refractivity contribution is -0.143. The minimum Gasteiger partial charge on any atom is -0.392 e. The van der Waals surface area contributed by atoms with Crippen molar-refractivity contribution >= 4 is 29.0 Å². The molecule has 2 amide bonds. The molecule has 4 nitrogen and oxygen atoms in total. The molecule has 1 saturated carbocycles. The number of amides is 2. The first-order valence-corrected chi connectivity index (χ1v) is 8.08. The van der Waals surface area contributed by atoms with Crippen molar-refractivity contribution < 1.29 is 9.59 Å². The van der Waals surface area contributed by atoms with Crippen LogP contribution < -0.4 is 5.73 Å². The zero-order valence-electron chi connectivity index (χ0n) is 12.2. The molecule has 0 aromatic carbocycles. The molecule has 1 heterocycles. The van der Waals surface area contributed by atoms with Gasteiger partial charge in [0, 0.05) is 6.42 Å². The number of nitrogens with two attached hydrogens (primary N) is 1. The van der Waals surface area contributed by atoms with Gasteiger partial charge in [0.2, 0.25) is 11.8 Å². The number of imide groups is 1. The van der Waals surface area contributed by atoms with Crippen molar-refractivity contribution in [1.82, 2.24) is 4.90 Å². The molecule has 0 radical (unpaired) electrons. The molecule has 112 valence electrons. The minimum atomic E-state index is -0.454. The van der Waals surface area contributed by atoms with Crippen LogP contribution in [0.15, 0.2) is 0 Å². The van der Waals surface area contributed by atoms with Crippen LogP contribution in [0.5, 0.6) is 0 Å². The van der Waals surface area contributed by atoms with Crippen molar-refractivity contribution in [2.45, 2.75) is 70.8 Å². The first-order chi connectivity index (χ1) is 9.52. The second-order valence-corrected chi connectivity index (χ2v) is 6.62. The van der Waals surface area contributed by atoms with Crippen LogP contribution in [0.25, 0.3) is 0 Å². The average molecular weight is 296 g/mol. The van der Waals surface area contributed by atoms with Gasteiger partial charge in [0.25, 0.3) is 0 Å². The molecule has 1 spiro atoms. The maximum atomic E-state index is 12.9. The second kappa shape index (κ2) is 6.20. The van der Waals surface area contributed by atoms with E-state index in [1.165, 1.54) is 4.90 Å². The third-order valence-corrected chi connectivity index (χ3v) is 4.97. The largest absolute Gasteiger partial charge is 0.392 e. The third kappa shape index (κ3) is 2.73. The first kappa shape index (κ1) is 15.4. The number of carbonyl (C=O) groups excluding carboxylic acids is 2. The zero-order chi connectivity index (χ0) is 14.8. The van der Waals surface area contributed by atoms with Crippen molar-refractivity contribution in [2.75, 3.05) is 0 Å². The predicted octanol–water partition coefficient (Wildman–Crippen LogP) is 2.54. The summed E-state index contributed by atoms with van der Waals surface area (Å²) in [4.78, 5) is 26.9. The molecule has 0 aromatic heterocycles. The minimum absolute atomic E-state index is 0.0179. The molecule has 2 fully saturated rings. The Morgan fingerprint density at radius 3 is 2.40 bits per heavy atom. The molecule has 1 atom stereocenters. The Balaban J connectivity index is 2.25. The van der Waals surface area contributed by atoms with E-state index < -0.39 is 11.5 Å². The molecule has 1 unspecified atom stereocenters. The Labute approximate surface area is 126 Å². The van der Waals surface area contributed by atoms with E-state index in [9.17, 15) is 9.59 Å². The van der Waals surface area contributed by atoms with Gasteiger partial charge in [-0.25, -0.2) is 0 Å². The lowest BCUT2D eigenvalue weighted by atomic mass is 9.79.